The van der Waals surface area contributed by atoms with Crippen molar-refractivity contribution >= 4 is 62.4 Å². The summed E-state index contributed by atoms with van der Waals surface area (Å²) in [5.41, 5.74) is 0.723. The Bertz CT molecular complexity index is 1240. The van der Waals surface area contributed by atoms with Gasteiger partial charge in [-0.3, -0.25) is 4.79 Å². The number of hydrogen-bond acceptors (Lipinski definition) is 9. The second-order valence-electron chi connectivity index (χ2n) is 6.16. The van der Waals surface area contributed by atoms with Gasteiger partial charge in [0.25, 0.3) is 0 Å². The molecule has 0 amide bonds. The van der Waals surface area contributed by atoms with Crippen LogP contribution in [0.4, 0.5) is 0 Å². The molecule has 2 aromatic carbocycles. The number of aromatic amines is 1. The summed E-state index contributed by atoms with van der Waals surface area (Å²) in [6.07, 6.45) is 0. The van der Waals surface area contributed by atoms with Gasteiger partial charge in [-0.05, 0) is 18.2 Å². The number of methoxy groups -OCH3 is 3. The number of ether oxygens (including phenoxy) is 4. The minimum absolute atomic E-state index is 0. The van der Waals surface area contributed by atoms with Crippen molar-refractivity contribution in [2.75, 3.05) is 21.3 Å². The largest absolute Gasteiger partial charge is 0.496 e. The van der Waals surface area contributed by atoms with E-state index in [1.165, 1.54) is 20.3 Å². The number of fused-ring (bicyclic) bond motifs is 1. The molecule has 0 aliphatic heterocycles. The first-order valence-electron chi connectivity index (χ1n) is 8.86. The van der Waals surface area contributed by atoms with Crippen LogP contribution in [0.3, 0.4) is 0 Å². The first kappa shape index (κ1) is 23.2. The predicted octanol–water partition coefficient (Wildman–Crippen LogP) is 2.20. The smallest absolute Gasteiger partial charge is 0.211 e. The second kappa shape index (κ2) is 10.2. The van der Waals surface area contributed by atoms with Gasteiger partial charge < -0.3 is 23.4 Å². The number of hydrogen-bond donors (Lipinski definition) is 1. The molecular weight excluding hydrogens is 431 g/mol. The molecule has 0 aliphatic carbocycles. The fourth-order valence-corrected chi connectivity index (χ4v) is 3.00. The van der Waals surface area contributed by atoms with Crippen molar-refractivity contribution in [2.24, 2.45) is 0 Å². The van der Waals surface area contributed by atoms with E-state index in [-0.39, 0.29) is 63.4 Å². The van der Waals surface area contributed by atoms with Crippen LogP contribution in [0, 0.1) is 0 Å². The number of nitrogens with zero attached hydrogens (tertiary/aromatic N) is 3. The van der Waals surface area contributed by atoms with Crippen molar-refractivity contribution in [1.29, 1.82) is 0 Å². The van der Waals surface area contributed by atoms with Gasteiger partial charge in [0.1, 0.15) is 28.2 Å². The number of tetrazole rings is 1. The van der Waals surface area contributed by atoms with Crippen LogP contribution in [0.5, 0.6) is 23.0 Å². The Morgan fingerprint density at radius 1 is 0.968 bits per heavy atom. The van der Waals surface area contributed by atoms with Gasteiger partial charge in [0, 0.05) is 75.1 Å². The summed E-state index contributed by atoms with van der Waals surface area (Å²) in [5, 5.41) is 13.8. The topological polar surface area (TPSA) is 122 Å². The molecule has 4 rings (SSSR count). The molecule has 0 atom stereocenters. The SMILES string of the molecule is COc1ccc(-c2cc(=O)c3c(OC)cc(OCc4nn[nH]n4)cc3o2)cc1OC.[K]. The molecule has 0 fully saturated rings. The van der Waals surface area contributed by atoms with E-state index in [1.54, 1.807) is 37.4 Å². The van der Waals surface area contributed by atoms with E-state index < -0.39 is 0 Å². The van der Waals surface area contributed by atoms with Crippen molar-refractivity contribution in [3.05, 3.63) is 52.4 Å². The molecule has 2 heterocycles. The average molecular weight is 449 g/mol. The maximum atomic E-state index is 12.8. The summed E-state index contributed by atoms with van der Waals surface area (Å²) in [6.45, 7) is 0.0881. The van der Waals surface area contributed by atoms with Crippen molar-refractivity contribution in [1.82, 2.24) is 20.6 Å². The maximum absolute atomic E-state index is 12.8. The fourth-order valence-electron chi connectivity index (χ4n) is 3.00. The third-order valence-corrected chi connectivity index (χ3v) is 4.41. The second-order valence-corrected chi connectivity index (χ2v) is 6.16. The van der Waals surface area contributed by atoms with Crippen molar-refractivity contribution in [3.63, 3.8) is 0 Å². The van der Waals surface area contributed by atoms with Crippen LogP contribution >= 0.6 is 0 Å². The van der Waals surface area contributed by atoms with E-state index >= 15 is 0 Å². The van der Waals surface area contributed by atoms with E-state index in [4.69, 9.17) is 23.4 Å². The average Bonchev–Trinajstić information content (AvgIpc) is 3.30. The number of aromatic nitrogens is 4. The maximum Gasteiger partial charge on any atom is 0.211 e. The van der Waals surface area contributed by atoms with E-state index in [0.29, 0.717) is 51.1 Å². The summed E-state index contributed by atoms with van der Waals surface area (Å²) >= 11 is 0. The molecule has 1 radical (unpaired) electrons. The van der Waals surface area contributed by atoms with Crippen LogP contribution in [-0.4, -0.2) is 93.3 Å². The summed E-state index contributed by atoms with van der Waals surface area (Å²) < 4.78 is 27.7. The zero-order valence-electron chi connectivity index (χ0n) is 17.5. The monoisotopic (exact) mass is 449 g/mol. The molecule has 0 spiro atoms. The Morgan fingerprint density at radius 2 is 1.74 bits per heavy atom. The number of rotatable bonds is 7. The van der Waals surface area contributed by atoms with Crippen LogP contribution < -0.4 is 24.4 Å². The quantitative estimate of drug-likeness (QED) is 0.423. The third kappa shape index (κ3) is 4.91. The van der Waals surface area contributed by atoms with E-state index in [0.717, 1.165) is 0 Å². The molecule has 10 nitrogen and oxygen atoms in total. The summed E-state index contributed by atoms with van der Waals surface area (Å²) in [5.74, 6) is 2.61. The van der Waals surface area contributed by atoms with Crippen LogP contribution in [0.15, 0.2) is 45.6 Å². The first-order valence-corrected chi connectivity index (χ1v) is 8.86. The van der Waals surface area contributed by atoms with E-state index in [2.05, 4.69) is 20.6 Å². The summed E-state index contributed by atoms with van der Waals surface area (Å²) in [7, 11) is 4.56. The number of H-pyrrole nitrogens is 1. The molecule has 1 N–H and O–H groups in total. The molecule has 0 saturated carbocycles. The van der Waals surface area contributed by atoms with Crippen molar-refractivity contribution < 1.29 is 23.4 Å². The molecule has 155 valence electrons. The van der Waals surface area contributed by atoms with Crippen LogP contribution in [0.2, 0.25) is 0 Å². The van der Waals surface area contributed by atoms with Crippen molar-refractivity contribution in [3.8, 4) is 34.3 Å². The Hall–Kier alpha value is -2.44. The predicted molar refractivity (Wildman–Crippen MR) is 112 cm³/mol. The Kier molecular flexibility index (Phi) is 7.67. The molecule has 11 heteroatoms. The van der Waals surface area contributed by atoms with Gasteiger partial charge in [-0.1, -0.05) is 5.21 Å². The molecule has 0 unspecified atom stereocenters. The molecule has 0 bridgehead atoms. The van der Waals surface area contributed by atoms with Gasteiger partial charge in [-0.15, -0.1) is 10.2 Å². The van der Waals surface area contributed by atoms with Gasteiger partial charge in [0.15, 0.2) is 23.5 Å². The molecule has 4 aromatic rings. The number of benzene rings is 2. The van der Waals surface area contributed by atoms with E-state index in [9.17, 15) is 4.79 Å². The van der Waals surface area contributed by atoms with Gasteiger partial charge in [-0.2, -0.15) is 5.21 Å². The normalized spacial score (nSPS) is 10.4. The van der Waals surface area contributed by atoms with Crippen LogP contribution in [-0.2, 0) is 6.61 Å². The van der Waals surface area contributed by atoms with Gasteiger partial charge in [-0.25, -0.2) is 0 Å². The van der Waals surface area contributed by atoms with Crippen molar-refractivity contribution in [2.45, 2.75) is 6.61 Å². The van der Waals surface area contributed by atoms with Gasteiger partial charge in [0.2, 0.25) is 5.82 Å². The van der Waals surface area contributed by atoms with E-state index in [1.807, 2.05) is 0 Å². The molecule has 31 heavy (non-hydrogen) atoms. The third-order valence-electron chi connectivity index (χ3n) is 4.41. The standard InChI is InChI=1S/C20H18N4O6.K/c1-26-14-5-4-11(6-16(14)27-2)15-9-13(25)20-17(28-3)7-12(8-18(20)30-15)29-10-19-21-23-24-22-19;/h4-9H,10H2,1-3H3,(H,21,22,23,24);. The number of nitrogens with one attached hydrogen (secondary N) is 1. The minimum atomic E-state index is -0.248. The zero-order chi connectivity index (χ0) is 21.1. The Balaban J connectivity index is 0.00000272. The van der Waals surface area contributed by atoms with Gasteiger partial charge in [0.05, 0.1) is 21.3 Å². The molecular formula is C20H18KN4O6. The fraction of sp³-hybridized carbons (Fsp3) is 0.200. The molecule has 0 saturated heterocycles. The first-order chi connectivity index (χ1) is 14.6. The zero-order valence-corrected chi connectivity index (χ0v) is 20.6. The summed E-state index contributed by atoms with van der Waals surface area (Å²) in [6, 6.07) is 9.88. The van der Waals surface area contributed by atoms with Crippen LogP contribution in [0.1, 0.15) is 5.82 Å². The van der Waals surface area contributed by atoms with Crippen LogP contribution in [0.25, 0.3) is 22.3 Å². The Morgan fingerprint density at radius 3 is 2.42 bits per heavy atom. The molecule has 2 aromatic heterocycles. The summed E-state index contributed by atoms with van der Waals surface area (Å²) in [4.78, 5) is 12.8. The minimum Gasteiger partial charge on any atom is -0.496 e. The molecule has 0 aliphatic rings. The Labute approximate surface area is 219 Å². The van der Waals surface area contributed by atoms with Gasteiger partial charge >= 0.3 is 0 Å².